The third-order valence-electron chi connectivity index (χ3n) is 4.47. The summed E-state index contributed by atoms with van der Waals surface area (Å²) in [6.07, 6.45) is 4.02. The van der Waals surface area contributed by atoms with Gasteiger partial charge in [-0.25, -0.2) is 4.98 Å². The summed E-state index contributed by atoms with van der Waals surface area (Å²) in [5, 5.41) is 11.8. The van der Waals surface area contributed by atoms with Gasteiger partial charge in [-0.2, -0.15) is 9.67 Å². The second kappa shape index (κ2) is 6.64. The molecule has 0 amide bonds. The Morgan fingerprint density at radius 1 is 1.24 bits per heavy atom. The summed E-state index contributed by atoms with van der Waals surface area (Å²) in [5.41, 5.74) is 2.24. The second-order valence-corrected chi connectivity index (χ2v) is 6.35. The van der Waals surface area contributed by atoms with Gasteiger partial charge in [0.05, 0.1) is 19.0 Å². The molecule has 4 rings (SSSR count). The number of anilines is 1. The van der Waals surface area contributed by atoms with Crippen molar-refractivity contribution < 1.29 is 4.74 Å². The van der Waals surface area contributed by atoms with E-state index < -0.39 is 0 Å². The second-order valence-electron chi connectivity index (χ2n) is 6.35. The van der Waals surface area contributed by atoms with Crippen LogP contribution in [-0.2, 0) is 0 Å². The van der Waals surface area contributed by atoms with Gasteiger partial charge in [-0.15, -0.1) is 5.10 Å². The molecule has 1 N–H and O–H groups in total. The van der Waals surface area contributed by atoms with Crippen molar-refractivity contribution in [1.29, 1.82) is 0 Å². The Morgan fingerprint density at radius 2 is 2.08 bits per heavy atom. The molecule has 0 radical (unpaired) electrons. The Kier molecular flexibility index (Phi) is 4.19. The maximum atomic E-state index is 5.20. The highest BCUT2D eigenvalue weighted by Crippen LogP contribution is 2.19. The lowest BCUT2D eigenvalue weighted by Gasteiger charge is -2.30. The summed E-state index contributed by atoms with van der Waals surface area (Å²) in [6.45, 7) is 2.14. The van der Waals surface area contributed by atoms with E-state index in [1.54, 1.807) is 18.0 Å². The molecular weight excluding hydrogens is 318 g/mol. The smallest absolute Gasteiger partial charge is 0.225 e. The van der Waals surface area contributed by atoms with E-state index in [1.165, 1.54) is 6.42 Å². The summed E-state index contributed by atoms with van der Waals surface area (Å²) < 4.78 is 6.92. The molecule has 3 aromatic rings. The van der Waals surface area contributed by atoms with E-state index in [0.29, 0.717) is 23.2 Å². The number of nitrogens with zero attached hydrogens (tertiary/aromatic N) is 6. The van der Waals surface area contributed by atoms with Crippen molar-refractivity contribution in [3.05, 3.63) is 30.5 Å². The number of methoxy groups -OCH3 is 1. The van der Waals surface area contributed by atoms with Crippen LogP contribution in [0.15, 0.2) is 30.5 Å². The van der Waals surface area contributed by atoms with Crippen molar-refractivity contribution in [3.8, 4) is 11.4 Å². The molecule has 1 saturated heterocycles. The number of hydrogen-bond donors (Lipinski definition) is 1. The van der Waals surface area contributed by atoms with E-state index in [0.717, 1.165) is 30.9 Å². The number of ether oxygens (including phenoxy) is 1. The zero-order valence-corrected chi connectivity index (χ0v) is 14.4. The Labute approximate surface area is 145 Å². The highest BCUT2D eigenvalue weighted by molar-refractivity contribution is 5.72. The topological polar surface area (TPSA) is 81.0 Å². The van der Waals surface area contributed by atoms with Crippen LogP contribution in [0, 0.1) is 0 Å². The minimum Gasteiger partial charge on any atom is -0.497 e. The predicted octanol–water partition coefficient (Wildman–Crippen LogP) is 1.73. The molecule has 8 nitrogen and oxygen atoms in total. The van der Waals surface area contributed by atoms with Crippen molar-refractivity contribution in [2.24, 2.45) is 0 Å². The predicted molar refractivity (Wildman–Crippen MR) is 95.1 cm³/mol. The summed E-state index contributed by atoms with van der Waals surface area (Å²) in [7, 11) is 3.79. The molecule has 25 heavy (non-hydrogen) atoms. The van der Waals surface area contributed by atoms with E-state index in [4.69, 9.17) is 4.74 Å². The molecule has 0 saturated carbocycles. The molecule has 1 unspecified atom stereocenters. The third kappa shape index (κ3) is 3.25. The van der Waals surface area contributed by atoms with Gasteiger partial charge in [0.15, 0.2) is 11.2 Å². The van der Waals surface area contributed by atoms with Gasteiger partial charge in [-0.05, 0) is 50.7 Å². The zero-order chi connectivity index (χ0) is 17.2. The summed E-state index contributed by atoms with van der Waals surface area (Å²) in [4.78, 5) is 11.3. The number of fused-ring (bicyclic) bond motifs is 1. The van der Waals surface area contributed by atoms with Crippen LogP contribution in [0.25, 0.3) is 16.9 Å². The van der Waals surface area contributed by atoms with Crippen LogP contribution < -0.4 is 10.1 Å². The fraction of sp³-hybridized carbons (Fsp3) is 0.412. The first kappa shape index (κ1) is 15.8. The lowest BCUT2D eigenvalue weighted by Crippen LogP contribution is -2.40. The first-order chi connectivity index (χ1) is 12.2. The Morgan fingerprint density at radius 3 is 2.84 bits per heavy atom. The van der Waals surface area contributed by atoms with E-state index in [9.17, 15) is 0 Å². The van der Waals surface area contributed by atoms with Crippen LogP contribution in [0.5, 0.6) is 5.75 Å². The average molecular weight is 339 g/mol. The number of piperidine rings is 1. The molecule has 1 atom stereocenters. The maximum absolute atomic E-state index is 5.20. The minimum absolute atomic E-state index is 0.363. The largest absolute Gasteiger partial charge is 0.497 e. The third-order valence-corrected chi connectivity index (χ3v) is 4.47. The Hall–Kier alpha value is -2.74. The summed E-state index contributed by atoms with van der Waals surface area (Å²) in [6, 6.07) is 8.00. The molecule has 1 aliphatic heterocycles. The van der Waals surface area contributed by atoms with Gasteiger partial charge in [0.1, 0.15) is 5.75 Å². The van der Waals surface area contributed by atoms with Crippen molar-refractivity contribution in [2.45, 2.75) is 18.9 Å². The lowest BCUT2D eigenvalue weighted by atomic mass is 10.1. The molecule has 0 aliphatic carbocycles. The van der Waals surface area contributed by atoms with Crippen LogP contribution in [-0.4, -0.2) is 63.2 Å². The molecule has 1 fully saturated rings. The standard InChI is InChI=1S/C17H21N7O/c1-23-9-3-4-12(11-23)19-17-18-10-15-16(20-17)24(22-21-15)13-5-7-14(25-2)8-6-13/h5-8,10,12H,3-4,9,11H2,1-2H3,(H,18,19,20). The van der Waals surface area contributed by atoms with Crippen LogP contribution in [0.1, 0.15) is 12.8 Å². The summed E-state index contributed by atoms with van der Waals surface area (Å²) >= 11 is 0. The van der Waals surface area contributed by atoms with Gasteiger partial charge in [-0.3, -0.25) is 0 Å². The monoisotopic (exact) mass is 339 g/mol. The van der Waals surface area contributed by atoms with Crippen molar-refractivity contribution in [2.75, 3.05) is 32.6 Å². The Bertz CT molecular complexity index is 861. The van der Waals surface area contributed by atoms with Crippen LogP contribution in [0.4, 0.5) is 5.95 Å². The maximum Gasteiger partial charge on any atom is 0.225 e. The fourth-order valence-corrected chi connectivity index (χ4v) is 3.16. The zero-order valence-electron chi connectivity index (χ0n) is 14.4. The highest BCUT2D eigenvalue weighted by Gasteiger charge is 2.18. The Balaban J connectivity index is 1.62. The van der Waals surface area contributed by atoms with Gasteiger partial charge >= 0.3 is 0 Å². The van der Waals surface area contributed by atoms with Gasteiger partial charge in [-0.1, -0.05) is 5.21 Å². The molecule has 8 heteroatoms. The molecule has 1 aliphatic rings. The molecule has 3 heterocycles. The van der Waals surface area contributed by atoms with Crippen molar-refractivity contribution >= 4 is 17.1 Å². The SMILES string of the molecule is COc1ccc(-n2nnc3cnc(NC4CCCN(C)C4)nc32)cc1. The normalized spacial score (nSPS) is 18.4. The molecule has 1 aromatic carbocycles. The van der Waals surface area contributed by atoms with Gasteiger partial charge < -0.3 is 15.0 Å². The van der Waals surface area contributed by atoms with E-state index in [2.05, 4.69) is 37.5 Å². The number of aromatic nitrogens is 5. The van der Waals surface area contributed by atoms with Gasteiger partial charge in [0, 0.05) is 12.6 Å². The first-order valence-electron chi connectivity index (χ1n) is 8.41. The van der Waals surface area contributed by atoms with Crippen LogP contribution >= 0.6 is 0 Å². The van der Waals surface area contributed by atoms with E-state index in [1.807, 2.05) is 24.3 Å². The van der Waals surface area contributed by atoms with Gasteiger partial charge in [0.2, 0.25) is 5.95 Å². The minimum atomic E-state index is 0.363. The van der Waals surface area contributed by atoms with Crippen molar-refractivity contribution in [1.82, 2.24) is 29.9 Å². The molecule has 0 bridgehead atoms. The number of hydrogen-bond acceptors (Lipinski definition) is 7. The number of nitrogens with one attached hydrogen (secondary N) is 1. The molecule has 2 aromatic heterocycles. The molecular formula is C17H21N7O. The fourth-order valence-electron chi connectivity index (χ4n) is 3.16. The highest BCUT2D eigenvalue weighted by atomic mass is 16.5. The van der Waals surface area contributed by atoms with Crippen LogP contribution in [0.3, 0.4) is 0 Å². The number of rotatable bonds is 4. The van der Waals surface area contributed by atoms with E-state index >= 15 is 0 Å². The quantitative estimate of drug-likeness (QED) is 0.775. The van der Waals surface area contributed by atoms with Gasteiger partial charge in [0.25, 0.3) is 0 Å². The van der Waals surface area contributed by atoms with Crippen molar-refractivity contribution in [3.63, 3.8) is 0 Å². The number of likely N-dealkylation sites (tertiary alicyclic amines) is 1. The summed E-state index contributed by atoms with van der Waals surface area (Å²) in [5.74, 6) is 1.41. The average Bonchev–Trinajstić information content (AvgIpc) is 3.05. The molecule has 130 valence electrons. The first-order valence-corrected chi connectivity index (χ1v) is 8.41. The number of likely N-dealkylation sites (N-methyl/N-ethyl adjacent to an activating group) is 1. The van der Waals surface area contributed by atoms with Crippen LogP contribution in [0.2, 0.25) is 0 Å². The molecule has 0 spiro atoms. The lowest BCUT2D eigenvalue weighted by molar-refractivity contribution is 0.260. The van der Waals surface area contributed by atoms with E-state index in [-0.39, 0.29) is 0 Å². The number of benzene rings is 1.